The molecule has 0 N–H and O–H groups in total. The minimum atomic E-state index is -0.119. The van der Waals surface area contributed by atoms with Gasteiger partial charge in [0.05, 0.1) is 11.1 Å². The van der Waals surface area contributed by atoms with E-state index in [1.54, 1.807) is 17.9 Å². The van der Waals surface area contributed by atoms with Crippen molar-refractivity contribution >= 4 is 17.5 Å². The molecular formula is C10H13ClN2O2. The second kappa shape index (κ2) is 3.85. The molecule has 1 aliphatic rings. The molecule has 2 heterocycles. The molecule has 5 heteroatoms. The number of aryl methyl sites for hydroxylation is 1. The van der Waals surface area contributed by atoms with E-state index < -0.39 is 0 Å². The molecule has 2 rings (SSSR count). The first-order valence-corrected chi connectivity index (χ1v) is 5.40. The highest BCUT2D eigenvalue weighted by molar-refractivity contribution is 6.21. The number of carbonyl (C=O) groups is 1. The first kappa shape index (κ1) is 10.5. The summed E-state index contributed by atoms with van der Waals surface area (Å²) in [5.41, 5.74) is 0.715. The minimum absolute atomic E-state index is 0.0490. The molecule has 1 saturated heterocycles. The highest BCUT2D eigenvalue weighted by Crippen LogP contribution is 2.23. The highest BCUT2D eigenvalue weighted by Gasteiger charge is 2.33. The first-order valence-electron chi connectivity index (χ1n) is 4.96. The van der Waals surface area contributed by atoms with Crippen molar-refractivity contribution in [2.75, 3.05) is 6.54 Å². The van der Waals surface area contributed by atoms with Gasteiger partial charge in [0.15, 0.2) is 0 Å². The van der Waals surface area contributed by atoms with Gasteiger partial charge in [0.1, 0.15) is 0 Å². The average molecular weight is 229 g/mol. The summed E-state index contributed by atoms with van der Waals surface area (Å²) in [7, 11) is 0. The maximum Gasteiger partial charge on any atom is 0.292 e. The summed E-state index contributed by atoms with van der Waals surface area (Å²) in [5, 5.41) is 3.75. The van der Waals surface area contributed by atoms with Gasteiger partial charge in [-0.2, -0.15) is 0 Å². The predicted octanol–water partition coefficient (Wildman–Crippen LogP) is 1.82. The number of halogens is 1. The van der Waals surface area contributed by atoms with Crippen molar-refractivity contribution < 1.29 is 9.32 Å². The quantitative estimate of drug-likeness (QED) is 0.689. The first-order chi connectivity index (χ1) is 7.08. The molecule has 0 aliphatic carbocycles. The fourth-order valence-corrected chi connectivity index (χ4v) is 2.26. The molecule has 1 aromatic rings. The van der Waals surface area contributed by atoms with Gasteiger partial charge in [0, 0.05) is 18.7 Å². The van der Waals surface area contributed by atoms with E-state index in [-0.39, 0.29) is 17.3 Å². The number of likely N-dealkylation sites (tertiary alicyclic amines) is 1. The van der Waals surface area contributed by atoms with Gasteiger partial charge in [0.2, 0.25) is 5.76 Å². The van der Waals surface area contributed by atoms with Crippen LogP contribution in [0.4, 0.5) is 0 Å². The summed E-state index contributed by atoms with van der Waals surface area (Å²) in [6, 6.07) is 1.82. The summed E-state index contributed by atoms with van der Waals surface area (Å²) in [6.07, 6.45) is 0.834. The van der Waals surface area contributed by atoms with Crippen LogP contribution >= 0.6 is 11.6 Å². The third-order valence-corrected chi connectivity index (χ3v) is 2.94. The Morgan fingerprint density at radius 3 is 2.93 bits per heavy atom. The molecule has 1 aliphatic heterocycles. The van der Waals surface area contributed by atoms with Gasteiger partial charge in [-0.1, -0.05) is 5.16 Å². The SMILES string of the molecule is Cc1cc(C(=O)N2CC(Cl)CC2C)on1. The Morgan fingerprint density at radius 1 is 1.73 bits per heavy atom. The van der Waals surface area contributed by atoms with Crippen LogP contribution in [0.5, 0.6) is 0 Å². The van der Waals surface area contributed by atoms with Crippen molar-refractivity contribution in [1.82, 2.24) is 10.1 Å². The van der Waals surface area contributed by atoms with Crippen LogP contribution in [0.3, 0.4) is 0 Å². The van der Waals surface area contributed by atoms with E-state index in [2.05, 4.69) is 5.16 Å². The molecule has 0 bridgehead atoms. The van der Waals surface area contributed by atoms with Crippen molar-refractivity contribution in [3.8, 4) is 0 Å². The van der Waals surface area contributed by atoms with Gasteiger partial charge in [-0.15, -0.1) is 11.6 Å². The van der Waals surface area contributed by atoms with Crippen LogP contribution in [0, 0.1) is 6.92 Å². The van der Waals surface area contributed by atoms with E-state index >= 15 is 0 Å². The number of carbonyl (C=O) groups excluding carboxylic acids is 1. The van der Waals surface area contributed by atoms with Crippen molar-refractivity contribution in [2.24, 2.45) is 0 Å². The summed E-state index contributed by atoms with van der Waals surface area (Å²) in [6.45, 7) is 4.36. The van der Waals surface area contributed by atoms with Gasteiger partial charge >= 0.3 is 0 Å². The number of alkyl halides is 1. The number of nitrogens with zero attached hydrogens (tertiary/aromatic N) is 2. The van der Waals surface area contributed by atoms with Gasteiger partial charge in [-0.05, 0) is 20.3 Å². The molecule has 0 aromatic carbocycles. The minimum Gasteiger partial charge on any atom is -0.351 e. The third kappa shape index (κ3) is 2.00. The second-order valence-electron chi connectivity index (χ2n) is 3.97. The van der Waals surface area contributed by atoms with E-state index in [0.29, 0.717) is 18.0 Å². The zero-order valence-electron chi connectivity index (χ0n) is 8.74. The van der Waals surface area contributed by atoms with Crippen LogP contribution in [0.2, 0.25) is 0 Å². The molecule has 0 spiro atoms. The lowest BCUT2D eigenvalue weighted by Crippen LogP contribution is -2.33. The normalized spacial score (nSPS) is 25.9. The third-order valence-electron chi connectivity index (χ3n) is 2.62. The smallest absolute Gasteiger partial charge is 0.292 e. The van der Waals surface area contributed by atoms with E-state index in [0.717, 1.165) is 6.42 Å². The summed E-state index contributed by atoms with van der Waals surface area (Å²) < 4.78 is 4.94. The molecule has 1 aromatic heterocycles. The Balaban J connectivity index is 2.15. The molecule has 4 nitrogen and oxygen atoms in total. The lowest BCUT2D eigenvalue weighted by atomic mass is 10.2. The molecule has 2 unspecified atom stereocenters. The van der Waals surface area contributed by atoms with E-state index in [1.807, 2.05) is 6.92 Å². The Morgan fingerprint density at radius 2 is 2.47 bits per heavy atom. The second-order valence-corrected chi connectivity index (χ2v) is 4.59. The Bertz CT molecular complexity index is 377. The fourth-order valence-electron chi connectivity index (χ4n) is 1.85. The van der Waals surface area contributed by atoms with Gasteiger partial charge < -0.3 is 9.42 Å². The van der Waals surface area contributed by atoms with Gasteiger partial charge in [-0.3, -0.25) is 4.79 Å². The standard InChI is InChI=1S/C10H13ClN2O2/c1-6-3-9(15-12-6)10(14)13-5-8(11)4-7(13)2/h3,7-8H,4-5H2,1-2H3. The maximum absolute atomic E-state index is 11.9. The van der Waals surface area contributed by atoms with Crippen LogP contribution < -0.4 is 0 Å². The molecule has 2 atom stereocenters. The largest absolute Gasteiger partial charge is 0.351 e. The van der Waals surface area contributed by atoms with Crippen molar-refractivity contribution in [2.45, 2.75) is 31.7 Å². The predicted molar refractivity (Wildman–Crippen MR) is 56.0 cm³/mol. The number of rotatable bonds is 1. The summed E-state index contributed by atoms with van der Waals surface area (Å²) in [5.74, 6) is 0.177. The fraction of sp³-hybridized carbons (Fsp3) is 0.600. The number of amides is 1. The molecular weight excluding hydrogens is 216 g/mol. The Hall–Kier alpha value is -1.03. The summed E-state index contributed by atoms with van der Waals surface area (Å²) >= 11 is 6.00. The van der Waals surface area contributed by atoms with E-state index in [9.17, 15) is 4.79 Å². The van der Waals surface area contributed by atoms with Crippen LogP contribution in [0.1, 0.15) is 29.6 Å². The van der Waals surface area contributed by atoms with Gasteiger partial charge in [-0.25, -0.2) is 0 Å². The van der Waals surface area contributed by atoms with E-state index in [4.69, 9.17) is 16.1 Å². The zero-order valence-corrected chi connectivity index (χ0v) is 9.49. The van der Waals surface area contributed by atoms with Gasteiger partial charge in [0.25, 0.3) is 5.91 Å². The van der Waals surface area contributed by atoms with Crippen molar-refractivity contribution in [3.63, 3.8) is 0 Å². The molecule has 0 saturated carbocycles. The molecule has 15 heavy (non-hydrogen) atoms. The van der Waals surface area contributed by atoms with Crippen LogP contribution in [0.15, 0.2) is 10.6 Å². The topological polar surface area (TPSA) is 46.3 Å². The zero-order chi connectivity index (χ0) is 11.0. The number of hydrogen-bond acceptors (Lipinski definition) is 3. The average Bonchev–Trinajstić information content (AvgIpc) is 2.71. The van der Waals surface area contributed by atoms with Crippen LogP contribution in [-0.2, 0) is 0 Å². The Kier molecular flexibility index (Phi) is 2.69. The van der Waals surface area contributed by atoms with E-state index in [1.165, 1.54) is 0 Å². The number of hydrogen-bond donors (Lipinski definition) is 0. The monoisotopic (exact) mass is 228 g/mol. The molecule has 0 radical (unpaired) electrons. The summed E-state index contributed by atoms with van der Waals surface area (Å²) in [4.78, 5) is 13.7. The molecule has 1 amide bonds. The lowest BCUT2D eigenvalue weighted by molar-refractivity contribution is 0.0705. The van der Waals surface area contributed by atoms with Crippen molar-refractivity contribution in [3.05, 3.63) is 17.5 Å². The van der Waals surface area contributed by atoms with Crippen molar-refractivity contribution in [1.29, 1.82) is 0 Å². The molecule has 1 fully saturated rings. The lowest BCUT2D eigenvalue weighted by Gasteiger charge is -2.19. The Labute approximate surface area is 93.2 Å². The number of aromatic nitrogens is 1. The highest BCUT2D eigenvalue weighted by atomic mass is 35.5. The molecule has 82 valence electrons. The van der Waals surface area contributed by atoms with Crippen LogP contribution in [-0.4, -0.2) is 33.9 Å². The van der Waals surface area contributed by atoms with Crippen LogP contribution in [0.25, 0.3) is 0 Å². The maximum atomic E-state index is 11.9.